The van der Waals surface area contributed by atoms with E-state index >= 15 is 0 Å². The first-order valence-corrected chi connectivity index (χ1v) is 3.89. The van der Waals surface area contributed by atoms with Crippen molar-refractivity contribution in [3.63, 3.8) is 0 Å². The van der Waals surface area contributed by atoms with Crippen LogP contribution in [-0.4, -0.2) is 0 Å². The molecule has 52 valence electrons. The van der Waals surface area contributed by atoms with Gasteiger partial charge in [-0.25, -0.2) is 0 Å². The topological polar surface area (TPSA) is 26.0 Å². The summed E-state index contributed by atoms with van der Waals surface area (Å²) in [4.78, 5) is 1.10. The summed E-state index contributed by atoms with van der Waals surface area (Å²) >= 11 is 1.61. The van der Waals surface area contributed by atoms with Crippen molar-refractivity contribution < 1.29 is 0 Å². The fraction of sp³-hybridized carbons (Fsp3) is 0.250. The molecule has 0 aliphatic rings. The van der Waals surface area contributed by atoms with Crippen molar-refractivity contribution in [2.75, 3.05) is 0 Å². The first-order chi connectivity index (χ1) is 4.75. The van der Waals surface area contributed by atoms with Gasteiger partial charge in [-0.2, -0.15) is 0 Å². The summed E-state index contributed by atoms with van der Waals surface area (Å²) < 4.78 is 0. The summed E-state index contributed by atoms with van der Waals surface area (Å²) in [5.41, 5.74) is 6.80. The van der Waals surface area contributed by atoms with Crippen molar-refractivity contribution >= 4 is 11.3 Å². The molecule has 2 N–H and O–H groups in total. The normalized spacial score (nSPS) is 12.5. The number of aryl methyl sites for hydroxylation is 1. The molecule has 0 bridgehead atoms. The van der Waals surface area contributed by atoms with E-state index in [1.165, 1.54) is 5.56 Å². The van der Waals surface area contributed by atoms with Gasteiger partial charge in [0.2, 0.25) is 0 Å². The molecule has 0 spiro atoms. The van der Waals surface area contributed by atoms with E-state index in [1.54, 1.807) is 11.3 Å². The van der Waals surface area contributed by atoms with Crippen molar-refractivity contribution in [1.29, 1.82) is 0 Å². The zero-order valence-electron chi connectivity index (χ0n) is 5.79. The van der Waals surface area contributed by atoms with E-state index in [4.69, 9.17) is 12.2 Å². The molecule has 0 aliphatic heterocycles. The minimum Gasteiger partial charge on any atom is -0.313 e. The molecule has 1 rings (SSSR count). The van der Waals surface area contributed by atoms with E-state index in [0.29, 0.717) is 0 Å². The number of terminal acetylenes is 1. The predicted octanol–water partition coefficient (Wildman–Crippen LogP) is 1.69. The second kappa shape index (κ2) is 2.87. The average molecular weight is 151 g/mol. The molecule has 1 heterocycles. The van der Waals surface area contributed by atoms with Gasteiger partial charge in [-0.15, -0.1) is 17.8 Å². The van der Waals surface area contributed by atoms with Crippen LogP contribution in [0.2, 0.25) is 0 Å². The number of nitrogens with two attached hydrogens (primary N) is 1. The van der Waals surface area contributed by atoms with Gasteiger partial charge in [0.15, 0.2) is 0 Å². The molecule has 1 unspecified atom stereocenters. The van der Waals surface area contributed by atoms with Crippen molar-refractivity contribution in [3.05, 3.63) is 21.9 Å². The predicted molar refractivity (Wildman–Crippen MR) is 44.8 cm³/mol. The van der Waals surface area contributed by atoms with Gasteiger partial charge in [0.1, 0.15) is 6.04 Å². The van der Waals surface area contributed by atoms with Crippen LogP contribution in [0.5, 0.6) is 0 Å². The Bertz CT molecular complexity index is 256. The fourth-order valence-electron chi connectivity index (χ4n) is 0.779. The smallest absolute Gasteiger partial charge is 0.101 e. The Morgan fingerprint density at radius 3 is 2.90 bits per heavy atom. The molecule has 0 saturated carbocycles. The lowest BCUT2D eigenvalue weighted by Gasteiger charge is -2.00. The highest BCUT2D eigenvalue weighted by Crippen LogP contribution is 2.20. The van der Waals surface area contributed by atoms with E-state index in [0.717, 1.165) is 4.88 Å². The number of thiophene rings is 1. The van der Waals surface area contributed by atoms with Gasteiger partial charge >= 0.3 is 0 Å². The third kappa shape index (κ3) is 1.21. The van der Waals surface area contributed by atoms with E-state index in [-0.39, 0.29) is 6.04 Å². The summed E-state index contributed by atoms with van der Waals surface area (Å²) in [6, 6.07) is 1.80. The quantitative estimate of drug-likeness (QED) is 0.607. The zero-order valence-corrected chi connectivity index (χ0v) is 6.61. The molecule has 0 fully saturated rings. The van der Waals surface area contributed by atoms with Crippen LogP contribution in [0.25, 0.3) is 0 Å². The van der Waals surface area contributed by atoms with Crippen molar-refractivity contribution in [3.8, 4) is 12.3 Å². The molecule has 1 nitrogen and oxygen atoms in total. The Morgan fingerprint density at radius 2 is 2.50 bits per heavy atom. The Morgan fingerprint density at radius 1 is 1.80 bits per heavy atom. The lowest BCUT2D eigenvalue weighted by molar-refractivity contribution is 0.962. The second-order valence-corrected chi connectivity index (χ2v) is 3.06. The van der Waals surface area contributed by atoms with Crippen molar-refractivity contribution in [2.24, 2.45) is 5.73 Å². The molecule has 0 aliphatic carbocycles. The summed E-state index contributed by atoms with van der Waals surface area (Å²) in [7, 11) is 0. The van der Waals surface area contributed by atoms with E-state index in [1.807, 2.05) is 18.4 Å². The third-order valence-corrected chi connectivity index (χ3v) is 2.47. The second-order valence-electron chi connectivity index (χ2n) is 2.11. The standard InChI is InChI=1S/C8H9NS/c1-3-7(9)8-6(2)4-5-10-8/h1,4-5,7H,9H2,2H3. The van der Waals surface area contributed by atoms with E-state index in [9.17, 15) is 0 Å². The Labute approximate surface area is 64.9 Å². The van der Waals surface area contributed by atoms with Crippen LogP contribution in [0.1, 0.15) is 16.5 Å². The maximum absolute atomic E-state index is 5.61. The Balaban J connectivity index is 2.96. The Kier molecular flexibility index (Phi) is 2.10. The number of hydrogen-bond donors (Lipinski definition) is 1. The van der Waals surface area contributed by atoms with E-state index < -0.39 is 0 Å². The van der Waals surface area contributed by atoms with Gasteiger partial charge in [-0.05, 0) is 23.9 Å². The van der Waals surface area contributed by atoms with Gasteiger partial charge in [-0.1, -0.05) is 5.92 Å². The molecule has 1 aromatic rings. The fourth-order valence-corrected chi connectivity index (χ4v) is 1.67. The summed E-state index contributed by atoms with van der Waals surface area (Å²) in [5, 5.41) is 2.00. The maximum atomic E-state index is 5.61. The molecular formula is C8H9NS. The summed E-state index contributed by atoms with van der Waals surface area (Å²) in [6.07, 6.45) is 5.16. The van der Waals surface area contributed by atoms with E-state index in [2.05, 4.69) is 5.92 Å². The van der Waals surface area contributed by atoms with Crippen LogP contribution in [0, 0.1) is 19.3 Å². The van der Waals surface area contributed by atoms with Crippen LogP contribution in [-0.2, 0) is 0 Å². The first-order valence-electron chi connectivity index (χ1n) is 3.01. The summed E-state index contributed by atoms with van der Waals surface area (Å²) in [5.74, 6) is 2.50. The van der Waals surface area contributed by atoms with Crippen LogP contribution in [0.15, 0.2) is 11.4 Å². The van der Waals surface area contributed by atoms with Crippen LogP contribution < -0.4 is 5.73 Å². The summed E-state index contributed by atoms with van der Waals surface area (Å²) in [6.45, 7) is 2.02. The van der Waals surface area contributed by atoms with Crippen LogP contribution >= 0.6 is 11.3 Å². The van der Waals surface area contributed by atoms with Crippen molar-refractivity contribution in [1.82, 2.24) is 0 Å². The molecule has 0 saturated heterocycles. The third-order valence-electron chi connectivity index (χ3n) is 1.36. The van der Waals surface area contributed by atoms with Gasteiger partial charge in [0.25, 0.3) is 0 Å². The SMILES string of the molecule is C#CC(N)c1sccc1C. The lowest BCUT2D eigenvalue weighted by Crippen LogP contribution is -2.05. The number of rotatable bonds is 1. The highest BCUT2D eigenvalue weighted by molar-refractivity contribution is 7.10. The molecule has 1 atom stereocenters. The Hall–Kier alpha value is -0.780. The van der Waals surface area contributed by atoms with Gasteiger partial charge in [0, 0.05) is 4.88 Å². The van der Waals surface area contributed by atoms with Gasteiger partial charge in [-0.3, -0.25) is 0 Å². The molecule has 0 aromatic carbocycles. The minimum absolute atomic E-state index is 0.222. The van der Waals surface area contributed by atoms with Crippen molar-refractivity contribution in [2.45, 2.75) is 13.0 Å². The minimum atomic E-state index is -0.222. The van der Waals surface area contributed by atoms with Gasteiger partial charge in [0.05, 0.1) is 0 Å². The van der Waals surface area contributed by atoms with Crippen LogP contribution in [0.4, 0.5) is 0 Å². The first kappa shape index (κ1) is 7.33. The molecule has 10 heavy (non-hydrogen) atoms. The van der Waals surface area contributed by atoms with Gasteiger partial charge < -0.3 is 5.73 Å². The lowest BCUT2D eigenvalue weighted by atomic mass is 10.2. The maximum Gasteiger partial charge on any atom is 0.101 e. The highest BCUT2D eigenvalue weighted by Gasteiger charge is 2.05. The zero-order chi connectivity index (χ0) is 7.56. The monoisotopic (exact) mass is 151 g/mol. The largest absolute Gasteiger partial charge is 0.313 e. The average Bonchev–Trinajstić information content (AvgIpc) is 2.34. The molecule has 0 amide bonds. The van der Waals surface area contributed by atoms with Crippen LogP contribution in [0.3, 0.4) is 0 Å². The molecule has 1 aromatic heterocycles. The molecule has 2 heteroatoms. The molecular weight excluding hydrogens is 142 g/mol. The highest BCUT2D eigenvalue weighted by atomic mass is 32.1. The number of hydrogen-bond acceptors (Lipinski definition) is 2. The molecule has 0 radical (unpaired) electrons.